The molecule has 2 heterocycles. The molecule has 0 spiro atoms. The summed E-state index contributed by atoms with van der Waals surface area (Å²) in [6.45, 7) is 9.35. The largest absolute Gasteiger partial charge is 0.245 e. The Hall–Kier alpha value is -5.08. The average molecular weight is 579 g/mol. The Morgan fingerprint density at radius 1 is 0.444 bits per heavy atom. The minimum Gasteiger partial charge on any atom is -0.245 e. The fourth-order valence-corrected chi connectivity index (χ4v) is 8.06. The molecule has 0 unspecified atom stereocenters. The van der Waals surface area contributed by atoms with Crippen molar-refractivity contribution in [3.05, 3.63) is 155 Å². The molecule has 2 aromatic heterocycles. The van der Waals surface area contributed by atoms with Crippen LogP contribution in [0, 0.1) is 0 Å². The number of hydrogen-bond donors (Lipinski definition) is 0. The van der Waals surface area contributed by atoms with Gasteiger partial charge in [0.15, 0.2) is 0 Å². The van der Waals surface area contributed by atoms with Gasteiger partial charge in [-0.3, -0.25) is 0 Å². The maximum Gasteiger partial charge on any atom is 0.0972 e. The van der Waals surface area contributed by atoms with Crippen molar-refractivity contribution in [2.45, 2.75) is 44.9 Å². The Kier molecular flexibility index (Phi) is 5.39. The van der Waals surface area contributed by atoms with Crippen LogP contribution in [0.5, 0.6) is 0 Å². The summed E-state index contributed by atoms with van der Waals surface area (Å²) in [6, 6.07) is 44.5. The number of nitrogens with zero attached hydrogens (tertiary/aromatic N) is 2. The van der Waals surface area contributed by atoms with Crippen LogP contribution in [0.2, 0.25) is 0 Å². The quantitative estimate of drug-likeness (QED) is 0.191. The van der Waals surface area contributed by atoms with Crippen molar-refractivity contribution in [2.24, 2.45) is 0 Å². The molecule has 5 aromatic carbocycles. The zero-order chi connectivity index (χ0) is 30.5. The average Bonchev–Trinajstić information content (AvgIpc) is 3.30. The van der Waals surface area contributed by atoms with E-state index in [-0.39, 0.29) is 10.8 Å². The second-order valence-corrected chi connectivity index (χ2v) is 13.9. The highest BCUT2D eigenvalue weighted by molar-refractivity contribution is 6.04. The van der Waals surface area contributed by atoms with Gasteiger partial charge in [0, 0.05) is 32.7 Å². The first-order valence-electron chi connectivity index (χ1n) is 16.0. The molecule has 2 aliphatic rings. The summed E-state index contributed by atoms with van der Waals surface area (Å²) in [6.07, 6.45) is 0.976. The topological polar surface area (TPSA) is 25.8 Å². The standard InChI is InChI=1S/C43H34N2/c1-42(2)34-11-7-5-9-28(34)23-29-15-16-30(24-36(29)42)38-21-18-26-13-14-27-19-22-39(45-41(27)40(26)44-38)31-17-20-33-32-10-6-8-12-35(32)43(3,4)37(33)25-31/h5-22,24-25H,23H2,1-4H3. The molecule has 2 aliphatic carbocycles. The summed E-state index contributed by atoms with van der Waals surface area (Å²) in [4.78, 5) is 10.6. The monoisotopic (exact) mass is 578 g/mol. The number of rotatable bonds is 2. The highest BCUT2D eigenvalue weighted by Gasteiger charge is 2.35. The Labute approximate surface area is 264 Å². The van der Waals surface area contributed by atoms with Gasteiger partial charge < -0.3 is 0 Å². The fraction of sp³-hybridized carbons (Fsp3) is 0.163. The first-order valence-corrected chi connectivity index (χ1v) is 16.0. The zero-order valence-corrected chi connectivity index (χ0v) is 26.1. The normalized spacial score (nSPS) is 15.4. The summed E-state index contributed by atoms with van der Waals surface area (Å²) < 4.78 is 0. The molecule has 7 aromatic rings. The van der Waals surface area contributed by atoms with Crippen LogP contribution in [-0.4, -0.2) is 9.97 Å². The van der Waals surface area contributed by atoms with E-state index >= 15 is 0 Å². The van der Waals surface area contributed by atoms with Crippen molar-refractivity contribution in [3.63, 3.8) is 0 Å². The lowest BCUT2D eigenvalue weighted by Gasteiger charge is -2.35. The van der Waals surface area contributed by atoms with Crippen LogP contribution in [0.15, 0.2) is 121 Å². The van der Waals surface area contributed by atoms with Gasteiger partial charge in [0.05, 0.1) is 22.4 Å². The van der Waals surface area contributed by atoms with Crippen molar-refractivity contribution in [2.75, 3.05) is 0 Å². The van der Waals surface area contributed by atoms with Crippen molar-refractivity contribution in [1.29, 1.82) is 0 Å². The van der Waals surface area contributed by atoms with Crippen LogP contribution in [0.25, 0.3) is 55.4 Å². The number of pyridine rings is 2. The third kappa shape index (κ3) is 3.82. The van der Waals surface area contributed by atoms with Gasteiger partial charge in [0.1, 0.15) is 0 Å². The molecule has 0 bridgehead atoms. The molecule has 0 aliphatic heterocycles. The first-order chi connectivity index (χ1) is 21.8. The third-order valence-corrected chi connectivity index (χ3v) is 10.5. The maximum atomic E-state index is 5.29. The SMILES string of the molecule is CC1(C)c2ccccc2Cc2ccc(-c3ccc4ccc5ccc(-c6ccc7c(c6)C(C)(C)c6ccccc6-7)nc5c4n3)cc21. The molecular weight excluding hydrogens is 544 g/mol. The van der Waals surface area contributed by atoms with E-state index in [9.17, 15) is 0 Å². The van der Waals surface area contributed by atoms with Crippen LogP contribution in [0.3, 0.4) is 0 Å². The molecule has 0 radical (unpaired) electrons. The van der Waals surface area contributed by atoms with E-state index in [0.29, 0.717) is 0 Å². The predicted molar refractivity (Wildman–Crippen MR) is 187 cm³/mol. The molecule has 45 heavy (non-hydrogen) atoms. The van der Waals surface area contributed by atoms with E-state index in [1.54, 1.807) is 0 Å². The van der Waals surface area contributed by atoms with Gasteiger partial charge in [0.2, 0.25) is 0 Å². The third-order valence-electron chi connectivity index (χ3n) is 10.5. The summed E-state index contributed by atoms with van der Waals surface area (Å²) in [5, 5.41) is 2.21. The number of benzene rings is 5. The van der Waals surface area contributed by atoms with E-state index in [1.807, 2.05) is 0 Å². The van der Waals surface area contributed by atoms with Crippen molar-refractivity contribution >= 4 is 21.8 Å². The summed E-state index contributed by atoms with van der Waals surface area (Å²) in [7, 11) is 0. The summed E-state index contributed by atoms with van der Waals surface area (Å²) >= 11 is 0. The molecule has 0 amide bonds. The smallest absolute Gasteiger partial charge is 0.0972 e. The second kappa shape index (κ2) is 9.22. The Balaban J connectivity index is 1.16. The maximum absolute atomic E-state index is 5.29. The van der Waals surface area contributed by atoms with E-state index in [1.165, 1.54) is 44.5 Å². The van der Waals surface area contributed by atoms with Crippen LogP contribution >= 0.6 is 0 Å². The lowest BCUT2D eigenvalue weighted by molar-refractivity contribution is 0.611. The first kappa shape index (κ1) is 26.3. The molecule has 0 saturated heterocycles. The predicted octanol–water partition coefficient (Wildman–Crippen LogP) is 10.7. The molecule has 2 heteroatoms. The molecule has 216 valence electrons. The van der Waals surface area contributed by atoms with Gasteiger partial charge in [-0.15, -0.1) is 0 Å². The highest BCUT2D eigenvalue weighted by atomic mass is 14.8. The number of fused-ring (bicyclic) bond motifs is 8. The van der Waals surface area contributed by atoms with Crippen LogP contribution in [-0.2, 0) is 17.3 Å². The van der Waals surface area contributed by atoms with Crippen LogP contribution < -0.4 is 0 Å². The molecule has 9 rings (SSSR count). The Bertz CT molecular complexity index is 2360. The fourth-order valence-electron chi connectivity index (χ4n) is 8.06. The lowest BCUT2D eigenvalue weighted by Crippen LogP contribution is -2.27. The van der Waals surface area contributed by atoms with Crippen molar-refractivity contribution in [1.82, 2.24) is 9.97 Å². The van der Waals surface area contributed by atoms with Crippen molar-refractivity contribution in [3.8, 4) is 33.6 Å². The molecule has 0 atom stereocenters. The van der Waals surface area contributed by atoms with Gasteiger partial charge in [-0.1, -0.05) is 125 Å². The van der Waals surface area contributed by atoms with Gasteiger partial charge in [0.25, 0.3) is 0 Å². The van der Waals surface area contributed by atoms with Crippen molar-refractivity contribution < 1.29 is 0 Å². The van der Waals surface area contributed by atoms with E-state index in [2.05, 4.69) is 149 Å². The summed E-state index contributed by atoms with van der Waals surface area (Å²) in [5.74, 6) is 0. The van der Waals surface area contributed by atoms with Gasteiger partial charge in [-0.05, 0) is 75.2 Å². The lowest BCUT2D eigenvalue weighted by atomic mass is 9.68. The molecule has 0 saturated carbocycles. The molecular formula is C43H34N2. The van der Waals surface area contributed by atoms with Crippen LogP contribution in [0.4, 0.5) is 0 Å². The van der Waals surface area contributed by atoms with E-state index in [0.717, 1.165) is 50.7 Å². The minimum absolute atomic E-state index is 0.0482. The molecule has 0 N–H and O–H groups in total. The van der Waals surface area contributed by atoms with Gasteiger partial charge in [-0.2, -0.15) is 0 Å². The van der Waals surface area contributed by atoms with E-state index < -0.39 is 0 Å². The van der Waals surface area contributed by atoms with E-state index in [4.69, 9.17) is 9.97 Å². The minimum atomic E-state index is -0.0635. The Morgan fingerprint density at radius 2 is 0.956 bits per heavy atom. The number of hydrogen-bond acceptors (Lipinski definition) is 2. The summed E-state index contributed by atoms with van der Waals surface area (Å²) in [5.41, 5.74) is 17.1. The van der Waals surface area contributed by atoms with Gasteiger partial charge >= 0.3 is 0 Å². The van der Waals surface area contributed by atoms with Crippen LogP contribution in [0.1, 0.15) is 61.1 Å². The zero-order valence-electron chi connectivity index (χ0n) is 26.1. The highest BCUT2D eigenvalue weighted by Crippen LogP contribution is 2.49. The molecule has 0 fully saturated rings. The molecule has 2 nitrogen and oxygen atoms in total. The van der Waals surface area contributed by atoms with Gasteiger partial charge in [-0.25, -0.2) is 9.97 Å². The second-order valence-electron chi connectivity index (χ2n) is 13.9. The Morgan fingerprint density at radius 3 is 1.67 bits per heavy atom. The number of aromatic nitrogens is 2.